The number of likely N-dealkylation sites (N-methyl/N-ethyl adjacent to an activating group) is 1. The van der Waals surface area contributed by atoms with E-state index in [1.54, 1.807) is 24.2 Å². The van der Waals surface area contributed by atoms with Crippen molar-refractivity contribution in [2.45, 2.75) is 13.1 Å². The highest BCUT2D eigenvalue weighted by atomic mass is 79.9. The third-order valence-electron chi connectivity index (χ3n) is 3.93. The zero-order valence-electron chi connectivity index (χ0n) is 13.3. The number of nitrogens with zero attached hydrogens (tertiary/aromatic N) is 2. The molecule has 0 N–H and O–H groups in total. The summed E-state index contributed by atoms with van der Waals surface area (Å²) >= 11 is 3.42. The molecule has 0 unspecified atom stereocenters. The van der Waals surface area contributed by atoms with Gasteiger partial charge < -0.3 is 9.47 Å². The Morgan fingerprint density at radius 2 is 1.88 bits per heavy atom. The topological polar surface area (TPSA) is 42.3 Å². The summed E-state index contributed by atoms with van der Waals surface area (Å²) in [4.78, 5) is 26.2. The molecule has 122 valence electrons. The third kappa shape index (κ3) is 3.57. The molecule has 3 rings (SSSR count). The van der Waals surface area contributed by atoms with Crippen molar-refractivity contribution in [2.75, 3.05) is 7.05 Å². The minimum atomic E-state index is -0.0427. The number of halogens is 1. The zero-order valence-corrected chi connectivity index (χ0v) is 14.9. The van der Waals surface area contributed by atoms with Gasteiger partial charge in [-0.1, -0.05) is 46.3 Å². The van der Waals surface area contributed by atoms with Gasteiger partial charge in [-0.15, -0.1) is 0 Å². The van der Waals surface area contributed by atoms with E-state index in [9.17, 15) is 9.59 Å². The Hall–Kier alpha value is -2.40. The minimum Gasteiger partial charge on any atom is -0.340 e. The number of amides is 1. The molecule has 1 heterocycles. The molecule has 2 aromatic carbocycles. The second kappa shape index (κ2) is 7.01. The molecule has 1 aromatic heterocycles. The SMILES string of the molecule is CN(Cc1ccccc1)C(=O)Cn1ccc(=O)c2ccc(Br)cc21. The summed E-state index contributed by atoms with van der Waals surface area (Å²) in [5, 5.41) is 0.610. The van der Waals surface area contributed by atoms with Crippen LogP contribution < -0.4 is 5.43 Å². The molecule has 5 heteroatoms. The molecular weight excluding hydrogens is 368 g/mol. The molecule has 3 aromatic rings. The summed E-state index contributed by atoms with van der Waals surface area (Å²) < 4.78 is 2.69. The van der Waals surface area contributed by atoms with Crippen LogP contribution in [-0.2, 0) is 17.9 Å². The molecule has 0 spiro atoms. The third-order valence-corrected chi connectivity index (χ3v) is 4.43. The number of pyridine rings is 1. The Morgan fingerprint density at radius 1 is 1.12 bits per heavy atom. The normalized spacial score (nSPS) is 10.8. The van der Waals surface area contributed by atoms with Crippen molar-refractivity contribution >= 4 is 32.7 Å². The summed E-state index contributed by atoms with van der Waals surface area (Å²) in [6.07, 6.45) is 1.67. The number of carbonyl (C=O) groups is 1. The average molecular weight is 385 g/mol. The van der Waals surface area contributed by atoms with E-state index < -0.39 is 0 Å². The smallest absolute Gasteiger partial charge is 0.242 e. The van der Waals surface area contributed by atoms with Crippen molar-refractivity contribution in [3.63, 3.8) is 0 Å². The van der Waals surface area contributed by atoms with Crippen LogP contribution in [-0.4, -0.2) is 22.4 Å². The lowest BCUT2D eigenvalue weighted by Crippen LogP contribution is -2.30. The van der Waals surface area contributed by atoms with Crippen molar-refractivity contribution in [1.82, 2.24) is 9.47 Å². The van der Waals surface area contributed by atoms with E-state index in [2.05, 4.69) is 15.9 Å². The first-order valence-corrected chi connectivity index (χ1v) is 8.40. The van der Waals surface area contributed by atoms with Gasteiger partial charge in [-0.2, -0.15) is 0 Å². The Morgan fingerprint density at radius 3 is 2.62 bits per heavy atom. The van der Waals surface area contributed by atoms with Crippen LogP contribution >= 0.6 is 15.9 Å². The molecule has 0 aliphatic rings. The maximum atomic E-state index is 12.5. The Kier molecular flexibility index (Phi) is 4.81. The van der Waals surface area contributed by atoms with Crippen molar-refractivity contribution in [2.24, 2.45) is 0 Å². The van der Waals surface area contributed by atoms with Crippen molar-refractivity contribution in [3.8, 4) is 0 Å². The summed E-state index contributed by atoms with van der Waals surface area (Å²) in [5.41, 5.74) is 1.79. The maximum absolute atomic E-state index is 12.5. The van der Waals surface area contributed by atoms with Crippen molar-refractivity contribution in [3.05, 3.63) is 81.1 Å². The van der Waals surface area contributed by atoms with Crippen molar-refractivity contribution < 1.29 is 4.79 Å². The number of hydrogen-bond donors (Lipinski definition) is 0. The second-order valence-corrected chi connectivity index (χ2v) is 6.62. The van der Waals surface area contributed by atoms with Crippen LogP contribution in [0.2, 0.25) is 0 Å². The first-order chi connectivity index (χ1) is 11.5. The molecule has 0 aliphatic carbocycles. The molecule has 0 saturated heterocycles. The molecule has 4 nitrogen and oxygen atoms in total. The van der Waals surface area contributed by atoms with E-state index in [0.717, 1.165) is 15.6 Å². The highest BCUT2D eigenvalue weighted by Gasteiger charge is 2.12. The molecule has 0 aliphatic heterocycles. The van der Waals surface area contributed by atoms with Gasteiger partial charge >= 0.3 is 0 Å². The zero-order chi connectivity index (χ0) is 17.1. The lowest BCUT2D eigenvalue weighted by Gasteiger charge is -2.19. The van der Waals surface area contributed by atoms with E-state index in [4.69, 9.17) is 0 Å². The fourth-order valence-corrected chi connectivity index (χ4v) is 2.98. The van der Waals surface area contributed by atoms with E-state index in [1.807, 2.05) is 47.0 Å². The van der Waals surface area contributed by atoms with Gasteiger partial charge in [-0.3, -0.25) is 9.59 Å². The number of carbonyl (C=O) groups excluding carboxylic acids is 1. The monoisotopic (exact) mass is 384 g/mol. The minimum absolute atomic E-state index is 0.0104. The lowest BCUT2D eigenvalue weighted by atomic mass is 10.2. The quantitative estimate of drug-likeness (QED) is 0.691. The van der Waals surface area contributed by atoms with E-state index in [0.29, 0.717) is 11.9 Å². The fraction of sp³-hybridized carbons (Fsp3) is 0.158. The molecule has 0 fully saturated rings. The van der Waals surface area contributed by atoms with Gasteiger partial charge in [-0.05, 0) is 23.8 Å². The average Bonchev–Trinajstić information content (AvgIpc) is 2.58. The number of aromatic nitrogens is 1. The summed E-state index contributed by atoms with van der Waals surface area (Å²) in [6.45, 7) is 0.748. The summed E-state index contributed by atoms with van der Waals surface area (Å²) in [7, 11) is 1.79. The molecule has 0 atom stereocenters. The van der Waals surface area contributed by atoms with Crippen LogP contribution in [0, 0.1) is 0 Å². The van der Waals surface area contributed by atoms with Gasteiger partial charge in [0.1, 0.15) is 6.54 Å². The first-order valence-electron chi connectivity index (χ1n) is 7.61. The number of benzene rings is 2. The van der Waals surface area contributed by atoms with E-state index in [-0.39, 0.29) is 17.9 Å². The molecule has 0 radical (unpaired) electrons. The lowest BCUT2D eigenvalue weighted by molar-refractivity contribution is -0.131. The summed E-state index contributed by atoms with van der Waals surface area (Å²) in [5.74, 6) is -0.0104. The van der Waals surface area contributed by atoms with Crippen LogP contribution in [0.25, 0.3) is 10.9 Å². The predicted molar refractivity (Wildman–Crippen MR) is 98.8 cm³/mol. The Labute approximate surface area is 148 Å². The van der Waals surface area contributed by atoms with E-state index in [1.165, 1.54) is 6.07 Å². The largest absolute Gasteiger partial charge is 0.340 e. The number of hydrogen-bond acceptors (Lipinski definition) is 2. The second-order valence-electron chi connectivity index (χ2n) is 5.70. The molecule has 24 heavy (non-hydrogen) atoms. The number of rotatable bonds is 4. The highest BCUT2D eigenvalue weighted by molar-refractivity contribution is 9.10. The van der Waals surface area contributed by atoms with E-state index >= 15 is 0 Å². The predicted octanol–water partition coefficient (Wildman–Crippen LogP) is 3.42. The molecule has 0 saturated carbocycles. The van der Waals surface area contributed by atoms with Crippen LogP contribution in [0.15, 0.2) is 70.1 Å². The summed E-state index contributed by atoms with van der Waals surface area (Å²) in [6, 6.07) is 16.8. The Bertz CT molecular complexity index is 935. The van der Waals surface area contributed by atoms with Crippen LogP contribution in [0.5, 0.6) is 0 Å². The maximum Gasteiger partial charge on any atom is 0.242 e. The molecular formula is C19H17BrN2O2. The van der Waals surface area contributed by atoms with Crippen molar-refractivity contribution in [1.29, 1.82) is 0 Å². The van der Waals surface area contributed by atoms with Gasteiger partial charge in [0.25, 0.3) is 0 Å². The van der Waals surface area contributed by atoms with Crippen LogP contribution in [0.4, 0.5) is 0 Å². The van der Waals surface area contributed by atoms with Gasteiger partial charge in [0.05, 0.1) is 5.52 Å². The number of fused-ring (bicyclic) bond motifs is 1. The van der Waals surface area contributed by atoms with Crippen LogP contribution in [0.1, 0.15) is 5.56 Å². The van der Waals surface area contributed by atoms with Gasteiger partial charge in [0.15, 0.2) is 5.43 Å². The van der Waals surface area contributed by atoms with Gasteiger partial charge in [0, 0.05) is 35.7 Å². The molecule has 1 amide bonds. The highest BCUT2D eigenvalue weighted by Crippen LogP contribution is 2.17. The standard InChI is InChI=1S/C19H17BrN2O2/c1-21(12-14-5-3-2-4-6-14)19(24)13-22-10-9-18(23)16-8-7-15(20)11-17(16)22/h2-11H,12-13H2,1H3. The first kappa shape index (κ1) is 16.5. The fourth-order valence-electron chi connectivity index (χ4n) is 2.63. The molecule has 0 bridgehead atoms. The Balaban J connectivity index is 1.84. The van der Waals surface area contributed by atoms with Gasteiger partial charge in [-0.25, -0.2) is 0 Å². The van der Waals surface area contributed by atoms with Gasteiger partial charge in [0.2, 0.25) is 5.91 Å². The van der Waals surface area contributed by atoms with Crippen LogP contribution in [0.3, 0.4) is 0 Å².